The molecule has 0 fully saturated rings. The zero-order chi connectivity index (χ0) is 15.9. The maximum Gasteiger partial charge on any atom is 0.221 e. The molecule has 1 rings (SSSR count). The third-order valence-electron chi connectivity index (χ3n) is 2.81. The highest BCUT2D eigenvalue weighted by Crippen LogP contribution is 2.18. The molecule has 0 aliphatic carbocycles. The van der Waals surface area contributed by atoms with E-state index in [1.165, 1.54) is 4.31 Å². The van der Waals surface area contributed by atoms with Crippen LogP contribution in [0.2, 0.25) is 5.02 Å². The zero-order valence-corrected chi connectivity index (χ0v) is 13.5. The lowest BCUT2D eigenvalue weighted by atomic mass is 10.2. The van der Waals surface area contributed by atoms with Gasteiger partial charge in [0.2, 0.25) is 15.9 Å². The Hall–Kier alpha value is -1.37. The standard InChI is InChI=1S/C14H19ClN2O3S/c1-3-9-16-14(18)8-10-17(21(2,19)20)11-12-6-4-5-7-13(12)15/h3-7H,1,8-11H2,2H3,(H,16,18). The number of nitrogens with one attached hydrogen (secondary N) is 1. The van der Waals surface area contributed by atoms with Gasteiger partial charge in [0.1, 0.15) is 0 Å². The minimum atomic E-state index is -3.42. The third-order valence-corrected chi connectivity index (χ3v) is 4.42. The van der Waals surface area contributed by atoms with Crippen LogP contribution >= 0.6 is 11.6 Å². The van der Waals surface area contributed by atoms with E-state index in [-0.39, 0.29) is 25.4 Å². The van der Waals surface area contributed by atoms with Crippen LogP contribution in [0, 0.1) is 0 Å². The summed E-state index contributed by atoms with van der Waals surface area (Å²) < 4.78 is 24.9. The van der Waals surface area contributed by atoms with Gasteiger partial charge in [0.05, 0.1) is 6.26 Å². The van der Waals surface area contributed by atoms with E-state index in [1.807, 2.05) is 0 Å². The number of benzene rings is 1. The number of amides is 1. The van der Waals surface area contributed by atoms with Crippen molar-refractivity contribution < 1.29 is 13.2 Å². The first-order valence-electron chi connectivity index (χ1n) is 6.40. The molecule has 0 unspecified atom stereocenters. The number of carbonyl (C=O) groups is 1. The number of rotatable bonds is 8. The SMILES string of the molecule is C=CCNC(=O)CCN(Cc1ccccc1Cl)S(C)(=O)=O. The summed E-state index contributed by atoms with van der Waals surface area (Å²) in [5, 5.41) is 3.11. The molecule has 1 amide bonds. The minimum absolute atomic E-state index is 0.0887. The lowest BCUT2D eigenvalue weighted by molar-refractivity contribution is -0.121. The summed E-state index contributed by atoms with van der Waals surface area (Å²) in [7, 11) is -3.42. The van der Waals surface area contributed by atoms with Crippen LogP contribution in [0.5, 0.6) is 0 Å². The van der Waals surface area contributed by atoms with Crippen molar-refractivity contribution >= 4 is 27.5 Å². The van der Waals surface area contributed by atoms with Gasteiger partial charge in [-0.1, -0.05) is 35.9 Å². The fourth-order valence-electron chi connectivity index (χ4n) is 1.68. The summed E-state index contributed by atoms with van der Waals surface area (Å²) in [6.07, 6.45) is 2.77. The van der Waals surface area contributed by atoms with Crippen molar-refractivity contribution in [1.29, 1.82) is 0 Å². The highest BCUT2D eigenvalue weighted by atomic mass is 35.5. The van der Waals surface area contributed by atoms with E-state index in [1.54, 1.807) is 30.3 Å². The fraction of sp³-hybridized carbons (Fsp3) is 0.357. The van der Waals surface area contributed by atoms with Gasteiger partial charge in [-0.25, -0.2) is 8.42 Å². The summed E-state index contributed by atoms with van der Waals surface area (Å²) in [6.45, 7) is 4.11. The molecular weight excluding hydrogens is 312 g/mol. The average molecular weight is 331 g/mol. The van der Waals surface area contributed by atoms with Crippen molar-refractivity contribution in [3.05, 3.63) is 47.5 Å². The molecule has 0 heterocycles. The molecule has 0 atom stereocenters. The van der Waals surface area contributed by atoms with Crippen molar-refractivity contribution in [2.75, 3.05) is 19.3 Å². The molecule has 0 bridgehead atoms. The van der Waals surface area contributed by atoms with Crippen LogP contribution in [0.25, 0.3) is 0 Å². The highest BCUT2D eigenvalue weighted by molar-refractivity contribution is 7.88. The molecule has 7 heteroatoms. The summed E-state index contributed by atoms with van der Waals surface area (Å²) in [6, 6.07) is 7.03. The van der Waals surface area contributed by atoms with Crippen LogP contribution in [0.1, 0.15) is 12.0 Å². The van der Waals surface area contributed by atoms with Gasteiger partial charge >= 0.3 is 0 Å². The Morgan fingerprint density at radius 3 is 2.67 bits per heavy atom. The van der Waals surface area contributed by atoms with Crippen LogP contribution in [-0.2, 0) is 21.4 Å². The molecule has 0 saturated heterocycles. The molecule has 0 radical (unpaired) electrons. The molecule has 0 aliphatic heterocycles. The average Bonchev–Trinajstić information content (AvgIpc) is 2.41. The van der Waals surface area contributed by atoms with Gasteiger partial charge < -0.3 is 5.32 Å². The lowest BCUT2D eigenvalue weighted by Crippen LogP contribution is -2.34. The van der Waals surface area contributed by atoms with Crippen LogP contribution in [0.15, 0.2) is 36.9 Å². The fourth-order valence-corrected chi connectivity index (χ4v) is 2.67. The predicted molar refractivity (Wildman–Crippen MR) is 84.5 cm³/mol. The maximum atomic E-state index is 11.8. The lowest BCUT2D eigenvalue weighted by Gasteiger charge is -2.20. The number of hydrogen-bond donors (Lipinski definition) is 1. The smallest absolute Gasteiger partial charge is 0.221 e. The molecule has 0 saturated carbocycles. The second-order valence-corrected chi connectivity index (χ2v) is 6.92. The molecule has 1 aromatic rings. The monoisotopic (exact) mass is 330 g/mol. The van der Waals surface area contributed by atoms with Gasteiger partial charge in [0, 0.05) is 31.1 Å². The Morgan fingerprint density at radius 1 is 1.43 bits per heavy atom. The van der Waals surface area contributed by atoms with E-state index in [9.17, 15) is 13.2 Å². The molecule has 116 valence electrons. The largest absolute Gasteiger partial charge is 0.353 e. The second-order valence-electron chi connectivity index (χ2n) is 4.53. The zero-order valence-electron chi connectivity index (χ0n) is 11.9. The van der Waals surface area contributed by atoms with Crippen molar-refractivity contribution in [2.24, 2.45) is 0 Å². The van der Waals surface area contributed by atoms with Gasteiger partial charge in [-0.15, -0.1) is 6.58 Å². The quantitative estimate of drug-likeness (QED) is 0.739. The summed E-state index contributed by atoms with van der Waals surface area (Å²) >= 11 is 6.04. The van der Waals surface area contributed by atoms with Crippen molar-refractivity contribution in [2.45, 2.75) is 13.0 Å². The number of hydrogen-bond acceptors (Lipinski definition) is 3. The first-order chi connectivity index (χ1) is 9.84. The van der Waals surface area contributed by atoms with E-state index >= 15 is 0 Å². The molecule has 5 nitrogen and oxygen atoms in total. The van der Waals surface area contributed by atoms with Gasteiger partial charge in [0.15, 0.2) is 0 Å². The van der Waals surface area contributed by atoms with Crippen molar-refractivity contribution in [3.8, 4) is 0 Å². The van der Waals surface area contributed by atoms with Crippen LogP contribution in [0.4, 0.5) is 0 Å². The molecule has 21 heavy (non-hydrogen) atoms. The molecule has 0 aromatic heterocycles. The summed E-state index contributed by atoms with van der Waals surface area (Å²) in [5.41, 5.74) is 0.705. The Labute approximate surface area is 130 Å². The van der Waals surface area contributed by atoms with E-state index < -0.39 is 10.0 Å². The van der Waals surface area contributed by atoms with Crippen LogP contribution in [-0.4, -0.2) is 38.0 Å². The Bertz CT molecular complexity index is 602. The molecule has 0 aliphatic rings. The number of carbonyl (C=O) groups excluding carboxylic acids is 1. The first-order valence-corrected chi connectivity index (χ1v) is 8.63. The summed E-state index contributed by atoms with van der Waals surface area (Å²) in [4.78, 5) is 11.5. The molecule has 0 spiro atoms. The van der Waals surface area contributed by atoms with Crippen LogP contribution in [0.3, 0.4) is 0 Å². The molecule has 1 N–H and O–H groups in total. The number of nitrogens with zero attached hydrogens (tertiary/aromatic N) is 1. The Morgan fingerprint density at radius 2 is 2.10 bits per heavy atom. The molecule has 1 aromatic carbocycles. The molecular formula is C14H19ClN2O3S. The van der Waals surface area contributed by atoms with E-state index in [2.05, 4.69) is 11.9 Å². The van der Waals surface area contributed by atoms with Crippen LogP contribution < -0.4 is 5.32 Å². The normalized spacial score (nSPS) is 11.4. The topological polar surface area (TPSA) is 66.5 Å². The van der Waals surface area contributed by atoms with Gasteiger partial charge in [-0.05, 0) is 11.6 Å². The number of halogens is 1. The second kappa shape index (κ2) is 8.17. The Kier molecular flexibility index (Phi) is 6.87. The maximum absolute atomic E-state index is 11.8. The third kappa shape index (κ3) is 6.29. The van der Waals surface area contributed by atoms with Gasteiger partial charge in [-0.3, -0.25) is 4.79 Å². The van der Waals surface area contributed by atoms with Crippen molar-refractivity contribution in [1.82, 2.24) is 9.62 Å². The van der Waals surface area contributed by atoms with Crippen molar-refractivity contribution in [3.63, 3.8) is 0 Å². The minimum Gasteiger partial charge on any atom is -0.353 e. The van der Waals surface area contributed by atoms with E-state index in [4.69, 9.17) is 11.6 Å². The highest BCUT2D eigenvalue weighted by Gasteiger charge is 2.19. The van der Waals surface area contributed by atoms with E-state index in [0.717, 1.165) is 6.26 Å². The summed E-state index contributed by atoms with van der Waals surface area (Å²) in [5.74, 6) is -0.220. The Balaban J connectivity index is 2.72. The number of sulfonamides is 1. The van der Waals surface area contributed by atoms with Gasteiger partial charge in [0.25, 0.3) is 0 Å². The predicted octanol–water partition coefficient (Wildman–Crippen LogP) is 1.79. The van der Waals surface area contributed by atoms with E-state index in [0.29, 0.717) is 17.1 Å². The van der Waals surface area contributed by atoms with Gasteiger partial charge in [-0.2, -0.15) is 4.31 Å². The first kappa shape index (κ1) is 17.7.